The lowest BCUT2D eigenvalue weighted by atomic mass is 9.94. The molecule has 1 heterocycles. The number of rotatable bonds is 10. The first-order valence-electron chi connectivity index (χ1n) is 10.5. The van der Waals surface area contributed by atoms with Crippen molar-refractivity contribution in [3.8, 4) is 12.3 Å². The smallest absolute Gasteiger partial charge is 0.126 e. The molecule has 4 heteroatoms. The van der Waals surface area contributed by atoms with E-state index in [1.807, 2.05) is 0 Å². The second-order valence-electron chi connectivity index (χ2n) is 7.86. The van der Waals surface area contributed by atoms with Gasteiger partial charge in [-0.2, -0.15) is 0 Å². The van der Waals surface area contributed by atoms with Gasteiger partial charge in [-0.25, -0.2) is 0 Å². The van der Waals surface area contributed by atoms with Crippen LogP contribution in [-0.2, 0) is 17.8 Å². The summed E-state index contributed by atoms with van der Waals surface area (Å²) >= 11 is 0. The number of hydrogen-bond acceptors (Lipinski definition) is 2. The molecule has 1 aromatic heterocycles. The van der Waals surface area contributed by atoms with E-state index in [9.17, 15) is 5.11 Å². The highest BCUT2D eigenvalue weighted by Crippen LogP contribution is 2.16. The van der Waals surface area contributed by atoms with Crippen LogP contribution in [0.4, 0.5) is 0 Å². The first-order chi connectivity index (χ1) is 13.8. The maximum atomic E-state index is 10.5. The van der Waals surface area contributed by atoms with Crippen LogP contribution in [0.2, 0.25) is 0 Å². The number of quaternary nitrogens is 1. The van der Waals surface area contributed by atoms with Gasteiger partial charge in [0, 0.05) is 12.7 Å². The summed E-state index contributed by atoms with van der Waals surface area (Å²) in [6, 6.07) is 15.5. The molecule has 4 nitrogen and oxygen atoms in total. The van der Waals surface area contributed by atoms with Crippen molar-refractivity contribution in [2.24, 2.45) is 0 Å². The van der Waals surface area contributed by atoms with Gasteiger partial charge in [0.15, 0.2) is 0 Å². The maximum Gasteiger partial charge on any atom is 0.126 e. The Morgan fingerprint density at radius 3 is 2.68 bits per heavy atom. The van der Waals surface area contributed by atoms with Gasteiger partial charge in [0.2, 0.25) is 0 Å². The quantitative estimate of drug-likeness (QED) is 0.490. The molecule has 1 saturated carbocycles. The van der Waals surface area contributed by atoms with Gasteiger partial charge in [-0.3, -0.25) is 0 Å². The average Bonchev–Trinajstić information content (AvgIpc) is 3.16. The van der Waals surface area contributed by atoms with Crippen molar-refractivity contribution in [3.63, 3.8) is 0 Å². The number of benzene rings is 1. The molecular weight excluding hydrogens is 348 g/mol. The monoisotopic (exact) mass is 381 g/mol. The van der Waals surface area contributed by atoms with E-state index in [0.717, 1.165) is 13.1 Å². The van der Waals surface area contributed by atoms with Crippen molar-refractivity contribution < 1.29 is 14.7 Å². The van der Waals surface area contributed by atoms with Crippen LogP contribution in [0.15, 0.2) is 48.7 Å². The largest absolute Gasteiger partial charge is 0.385 e. The SMILES string of the molecule is C#CCOC[C@H](O)C[NH+](Cc1cccn1Cc1ccccc1)C1CCCCC1. The standard InChI is InChI=1S/C24H32N2O2/c1-2-16-28-20-24(27)19-26(22-12-7-4-8-13-22)18-23-14-9-15-25(23)17-21-10-5-3-6-11-21/h1,3,5-6,9-11,14-15,22,24,27H,4,7-8,12-13,16-20H2/p+1/t24-/m1/s1. The van der Waals surface area contributed by atoms with Crippen LogP contribution in [0, 0.1) is 12.3 Å². The van der Waals surface area contributed by atoms with Crippen LogP contribution in [0.25, 0.3) is 0 Å². The number of terminal acetylenes is 1. The summed E-state index contributed by atoms with van der Waals surface area (Å²) in [6.07, 6.45) is 13.3. The Balaban J connectivity index is 1.67. The number of aliphatic hydroxyl groups is 1. The molecule has 1 aliphatic rings. The van der Waals surface area contributed by atoms with Crippen molar-refractivity contribution in [1.82, 2.24) is 4.57 Å². The third-order valence-electron chi connectivity index (χ3n) is 5.70. The van der Waals surface area contributed by atoms with Crippen molar-refractivity contribution in [2.75, 3.05) is 19.8 Å². The topological polar surface area (TPSA) is 38.8 Å². The minimum absolute atomic E-state index is 0.260. The van der Waals surface area contributed by atoms with Crippen LogP contribution in [0.5, 0.6) is 0 Å². The first-order valence-corrected chi connectivity index (χ1v) is 10.5. The van der Waals surface area contributed by atoms with E-state index in [1.165, 1.54) is 48.3 Å². The molecule has 0 radical (unpaired) electrons. The van der Waals surface area contributed by atoms with E-state index < -0.39 is 6.10 Å². The van der Waals surface area contributed by atoms with E-state index in [2.05, 4.69) is 59.1 Å². The van der Waals surface area contributed by atoms with E-state index in [-0.39, 0.29) is 6.61 Å². The molecule has 0 saturated heterocycles. The molecule has 1 fully saturated rings. The van der Waals surface area contributed by atoms with Gasteiger partial charge >= 0.3 is 0 Å². The Morgan fingerprint density at radius 1 is 1.14 bits per heavy atom. The molecule has 1 aliphatic carbocycles. The summed E-state index contributed by atoms with van der Waals surface area (Å²) < 4.78 is 7.70. The second-order valence-corrected chi connectivity index (χ2v) is 7.86. The summed E-state index contributed by atoms with van der Waals surface area (Å²) in [5, 5.41) is 10.5. The van der Waals surface area contributed by atoms with Crippen molar-refractivity contribution in [3.05, 3.63) is 59.9 Å². The molecule has 2 aromatic rings. The highest BCUT2D eigenvalue weighted by atomic mass is 16.5. The Morgan fingerprint density at radius 2 is 1.93 bits per heavy atom. The van der Waals surface area contributed by atoms with Gasteiger partial charge in [-0.05, 0) is 43.4 Å². The molecule has 0 spiro atoms. The lowest BCUT2D eigenvalue weighted by Gasteiger charge is -2.33. The predicted octanol–water partition coefficient (Wildman–Crippen LogP) is 2.26. The second kappa shape index (κ2) is 11.1. The van der Waals surface area contributed by atoms with Crippen LogP contribution in [0.1, 0.15) is 43.4 Å². The van der Waals surface area contributed by atoms with E-state index >= 15 is 0 Å². The zero-order chi connectivity index (χ0) is 19.6. The number of aliphatic hydroxyl groups excluding tert-OH is 1. The number of hydrogen-bond donors (Lipinski definition) is 2. The summed E-state index contributed by atoms with van der Waals surface area (Å²) in [7, 11) is 0. The number of aromatic nitrogens is 1. The zero-order valence-electron chi connectivity index (χ0n) is 16.7. The Bertz CT molecular complexity index is 729. The van der Waals surface area contributed by atoms with Crippen molar-refractivity contribution in [2.45, 2.75) is 57.3 Å². The average molecular weight is 382 g/mol. The molecular formula is C24H33N2O2+. The minimum Gasteiger partial charge on any atom is -0.385 e. The number of nitrogens with one attached hydrogen (secondary N) is 1. The number of ether oxygens (including phenoxy) is 1. The lowest BCUT2D eigenvalue weighted by Crippen LogP contribution is -3.15. The van der Waals surface area contributed by atoms with Crippen LogP contribution >= 0.6 is 0 Å². The Labute approximate surface area is 169 Å². The van der Waals surface area contributed by atoms with Gasteiger partial charge < -0.3 is 19.3 Å². The summed E-state index contributed by atoms with van der Waals surface area (Å²) in [4.78, 5) is 1.46. The van der Waals surface area contributed by atoms with E-state index in [0.29, 0.717) is 19.2 Å². The summed E-state index contributed by atoms with van der Waals surface area (Å²) in [6.45, 7) is 3.08. The molecule has 1 unspecified atom stereocenters. The summed E-state index contributed by atoms with van der Waals surface area (Å²) in [5.41, 5.74) is 2.63. The molecule has 0 bridgehead atoms. The Kier molecular flexibility index (Phi) is 8.17. The maximum absolute atomic E-state index is 10.5. The minimum atomic E-state index is -0.484. The highest BCUT2D eigenvalue weighted by molar-refractivity contribution is 5.17. The fraction of sp³-hybridized carbons (Fsp3) is 0.500. The van der Waals surface area contributed by atoms with E-state index in [1.54, 1.807) is 0 Å². The predicted molar refractivity (Wildman–Crippen MR) is 112 cm³/mol. The van der Waals surface area contributed by atoms with Crippen LogP contribution in [-0.4, -0.2) is 41.6 Å². The van der Waals surface area contributed by atoms with E-state index in [4.69, 9.17) is 11.2 Å². The Hall–Kier alpha value is -2.06. The van der Waals surface area contributed by atoms with Gasteiger partial charge in [0.25, 0.3) is 0 Å². The van der Waals surface area contributed by atoms with Crippen molar-refractivity contribution in [1.29, 1.82) is 0 Å². The molecule has 3 rings (SSSR count). The summed E-state index contributed by atoms with van der Waals surface area (Å²) in [5.74, 6) is 2.46. The molecule has 0 aliphatic heterocycles. The fourth-order valence-electron chi connectivity index (χ4n) is 4.29. The molecule has 2 atom stereocenters. The third kappa shape index (κ3) is 6.24. The molecule has 28 heavy (non-hydrogen) atoms. The van der Waals surface area contributed by atoms with Gasteiger partial charge in [0.1, 0.15) is 25.8 Å². The number of nitrogens with zero attached hydrogens (tertiary/aromatic N) is 1. The van der Waals surface area contributed by atoms with Gasteiger partial charge in [-0.15, -0.1) is 6.42 Å². The third-order valence-corrected chi connectivity index (χ3v) is 5.70. The first kappa shape index (κ1) is 20.7. The van der Waals surface area contributed by atoms with Gasteiger partial charge in [0.05, 0.1) is 18.3 Å². The van der Waals surface area contributed by atoms with Crippen LogP contribution in [0.3, 0.4) is 0 Å². The molecule has 0 amide bonds. The molecule has 150 valence electrons. The molecule has 1 aromatic carbocycles. The lowest BCUT2D eigenvalue weighted by molar-refractivity contribution is -0.943. The fourth-order valence-corrected chi connectivity index (χ4v) is 4.29. The normalized spacial score (nSPS) is 17.1. The van der Waals surface area contributed by atoms with Crippen molar-refractivity contribution >= 4 is 0 Å². The highest BCUT2D eigenvalue weighted by Gasteiger charge is 2.27. The zero-order valence-corrected chi connectivity index (χ0v) is 16.7. The van der Waals surface area contributed by atoms with Crippen LogP contribution < -0.4 is 4.90 Å². The molecule has 2 N–H and O–H groups in total. The van der Waals surface area contributed by atoms with Gasteiger partial charge in [-0.1, -0.05) is 42.7 Å².